The highest BCUT2D eigenvalue weighted by molar-refractivity contribution is 5.85. The van der Waals surface area contributed by atoms with E-state index < -0.39 is 5.54 Å². The summed E-state index contributed by atoms with van der Waals surface area (Å²) in [7, 11) is 0. The summed E-state index contributed by atoms with van der Waals surface area (Å²) >= 11 is 0. The van der Waals surface area contributed by atoms with Gasteiger partial charge in [-0.1, -0.05) is 50.7 Å². The molecule has 0 aromatic carbocycles. The fraction of sp³-hybridized carbons (Fsp3) is 0.857. The molecule has 0 amide bonds. The Morgan fingerprint density at radius 2 is 1.67 bits per heavy atom. The first kappa shape index (κ1) is 20.3. The highest BCUT2D eigenvalue weighted by atomic mass is 35.5. The van der Waals surface area contributed by atoms with E-state index in [1.165, 1.54) is 38.5 Å². The molecule has 0 radical (unpaired) electrons. The number of hydrogen-bond acceptors (Lipinski definition) is 5. The number of halogens is 1. The molecular formula is C14H29ClN4O2. The third kappa shape index (κ3) is 6.74. The van der Waals surface area contributed by atoms with Crippen LogP contribution in [-0.2, 0) is 12.1 Å². The first-order valence-corrected chi connectivity index (χ1v) is 7.57. The number of aryl methyl sites for hydroxylation is 1. The van der Waals surface area contributed by atoms with Crippen molar-refractivity contribution < 1.29 is 10.2 Å². The van der Waals surface area contributed by atoms with Gasteiger partial charge in [-0.15, -0.1) is 17.5 Å². The van der Waals surface area contributed by atoms with Crippen LogP contribution in [0.5, 0.6) is 0 Å². The predicted octanol–water partition coefficient (Wildman–Crippen LogP) is 1.59. The van der Waals surface area contributed by atoms with Crippen molar-refractivity contribution in [2.24, 2.45) is 5.73 Å². The lowest BCUT2D eigenvalue weighted by atomic mass is 10.0. The molecule has 1 heterocycles. The summed E-state index contributed by atoms with van der Waals surface area (Å²) in [5, 5.41) is 26.3. The Hall–Kier alpha value is -0.690. The van der Waals surface area contributed by atoms with Gasteiger partial charge >= 0.3 is 0 Å². The second-order valence-corrected chi connectivity index (χ2v) is 5.46. The Labute approximate surface area is 133 Å². The van der Waals surface area contributed by atoms with Gasteiger partial charge in [-0.25, -0.2) is 0 Å². The van der Waals surface area contributed by atoms with Gasteiger partial charge in [0, 0.05) is 6.54 Å². The number of rotatable bonds is 11. The molecule has 1 aromatic heterocycles. The minimum atomic E-state index is -1.20. The molecule has 0 atom stereocenters. The molecule has 0 saturated carbocycles. The van der Waals surface area contributed by atoms with E-state index in [0.29, 0.717) is 5.69 Å². The van der Waals surface area contributed by atoms with E-state index in [1.807, 2.05) is 0 Å². The number of unbranched alkanes of at least 4 members (excludes halogenated alkanes) is 6. The predicted molar refractivity (Wildman–Crippen MR) is 85.3 cm³/mol. The number of nitrogens with zero attached hydrogens (tertiary/aromatic N) is 3. The average Bonchev–Trinajstić information content (AvgIpc) is 2.95. The fourth-order valence-corrected chi connectivity index (χ4v) is 2.08. The van der Waals surface area contributed by atoms with Gasteiger partial charge in [0.25, 0.3) is 0 Å². The number of nitrogens with two attached hydrogens (primary N) is 1. The van der Waals surface area contributed by atoms with Crippen molar-refractivity contribution in [3.05, 3.63) is 11.9 Å². The lowest BCUT2D eigenvalue weighted by molar-refractivity contribution is 0.118. The summed E-state index contributed by atoms with van der Waals surface area (Å²) in [6.45, 7) is 2.32. The van der Waals surface area contributed by atoms with Crippen molar-refractivity contribution in [2.75, 3.05) is 13.2 Å². The molecule has 4 N–H and O–H groups in total. The van der Waals surface area contributed by atoms with Crippen molar-refractivity contribution in [3.8, 4) is 0 Å². The molecule has 0 aliphatic rings. The Balaban J connectivity index is 0.00000400. The molecule has 6 nitrogen and oxygen atoms in total. The van der Waals surface area contributed by atoms with E-state index in [4.69, 9.17) is 5.73 Å². The highest BCUT2D eigenvalue weighted by Crippen LogP contribution is 2.14. The Morgan fingerprint density at radius 3 is 2.24 bits per heavy atom. The Bertz CT molecular complexity index is 370. The monoisotopic (exact) mass is 320 g/mol. The minimum absolute atomic E-state index is 0. The summed E-state index contributed by atoms with van der Waals surface area (Å²) in [6.07, 6.45) is 10.5. The Morgan fingerprint density at radius 1 is 1.10 bits per heavy atom. The van der Waals surface area contributed by atoms with Crippen molar-refractivity contribution in [2.45, 2.75) is 64.0 Å². The van der Waals surface area contributed by atoms with Gasteiger partial charge in [0.2, 0.25) is 0 Å². The molecule has 0 bridgehead atoms. The van der Waals surface area contributed by atoms with Gasteiger partial charge < -0.3 is 15.9 Å². The van der Waals surface area contributed by atoms with Crippen molar-refractivity contribution in [1.29, 1.82) is 0 Å². The van der Waals surface area contributed by atoms with Crippen molar-refractivity contribution in [3.63, 3.8) is 0 Å². The van der Waals surface area contributed by atoms with Crippen LogP contribution in [0.4, 0.5) is 0 Å². The summed E-state index contributed by atoms with van der Waals surface area (Å²) in [4.78, 5) is 0. The summed E-state index contributed by atoms with van der Waals surface area (Å²) in [5.41, 5.74) is 5.08. The highest BCUT2D eigenvalue weighted by Gasteiger charge is 2.29. The molecular weight excluding hydrogens is 292 g/mol. The van der Waals surface area contributed by atoms with E-state index in [1.54, 1.807) is 10.9 Å². The van der Waals surface area contributed by atoms with Crippen LogP contribution in [0.3, 0.4) is 0 Å². The van der Waals surface area contributed by atoms with Crippen LogP contribution in [-0.4, -0.2) is 38.4 Å². The number of aliphatic hydroxyl groups is 2. The first-order chi connectivity index (χ1) is 9.66. The van der Waals surface area contributed by atoms with Gasteiger partial charge in [0.05, 0.1) is 19.4 Å². The maximum Gasteiger partial charge on any atom is 0.109 e. The quantitative estimate of drug-likeness (QED) is 0.538. The molecule has 0 aliphatic carbocycles. The van der Waals surface area contributed by atoms with E-state index in [-0.39, 0.29) is 25.6 Å². The smallest absolute Gasteiger partial charge is 0.109 e. The summed E-state index contributed by atoms with van der Waals surface area (Å²) < 4.78 is 1.73. The van der Waals surface area contributed by atoms with Crippen LogP contribution in [0.2, 0.25) is 0 Å². The molecule has 0 aliphatic heterocycles. The van der Waals surface area contributed by atoms with Crippen LogP contribution < -0.4 is 5.73 Å². The maximum absolute atomic E-state index is 9.20. The molecule has 7 heteroatoms. The SMILES string of the molecule is CCCCCCCCCn1cc(C(N)(CO)CO)nn1.Cl. The molecule has 124 valence electrons. The number of aromatic nitrogens is 3. The van der Waals surface area contributed by atoms with Crippen LogP contribution in [0.15, 0.2) is 6.20 Å². The first-order valence-electron chi connectivity index (χ1n) is 7.57. The van der Waals surface area contributed by atoms with Gasteiger partial charge in [-0.3, -0.25) is 4.68 Å². The third-order valence-corrected chi connectivity index (χ3v) is 3.60. The summed E-state index contributed by atoms with van der Waals surface area (Å²) in [5.74, 6) is 0. The normalized spacial score (nSPS) is 11.4. The van der Waals surface area contributed by atoms with Gasteiger partial charge in [-0.2, -0.15) is 0 Å². The second-order valence-electron chi connectivity index (χ2n) is 5.46. The van der Waals surface area contributed by atoms with Gasteiger partial charge in [-0.05, 0) is 6.42 Å². The lowest BCUT2D eigenvalue weighted by Gasteiger charge is -2.20. The minimum Gasteiger partial charge on any atom is -0.394 e. The van der Waals surface area contributed by atoms with Crippen LogP contribution in [0.25, 0.3) is 0 Å². The van der Waals surface area contributed by atoms with Gasteiger partial charge in [0.1, 0.15) is 11.2 Å². The van der Waals surface area contributed by atoms with E-state index in [9.17, 15) is 10.2 Å². The zero-order valence-electron chi connectivity index (χ0n) is 12.9. The van der Waals surface area contributed by atoms with Gasteiger partial charge in [0.15, 0.2) is 0 Å². The largest absolute Gasteiger partial charge is 0.394 e. The molecule has 1 rings (SSSR count). The van der Waals surface area contributed by atoms with Crippen LogP contribution in [0, 0.1) is 0 Å². The zero-order chi connectivity index (χ0) is 14.8. The van der Waals surface area contributed by atoms with Crippen LogP contribution >= 0.6 is 12.4 Å². The average molecular weight is 321 g/mol. The number of aliphatic hydroxyl groups excluding tert-OH is 2. The fourth-order valence-electron chi connectivity index (χ4n) is 2.08. The van der Waals surface area contributed by atoms with E-state index in [2.05, 4.69) is 17.2 Å². The molecule has 0 spiro atoms. The maximum atomic E-state index is 9.20. The van der Waals surface area contributed by atoms with Crippen molar-refractivity contribution in [1.82, 2.24) is 15.0 Å². The lowest BCUT2D eigenvalue weighted by Crippen LogP contribution is -2.44. The standard InChI is InChI=1S/C14H28N4O2.ClH/c1-2-3-4-5-6-7-8-9-18-10-13(16-17-18)14(15,11-19)12-20;/h10,19-20H,2-9,11-12,15H2,1H3;1H. The topological polar surface area (TPSA) is 97.2 Å². The van der Waals surface area contributed by atoms with Crippen molar-refractivity contribution >= 4 is 12.4 Å². The molecule has 0 saturated heterocycles. The second kappa shape index (κ2) is 11.0. The summed E-state index contributed by atoms with van der Waals surface area (Å²) in [6, 6.07) is 0. The zero-order valence-corrected chi connectivity index (χ0v) is 13.7. The van der Waals surface area contributed by atoms with E-state index in [0.717, 1.165) is 13.0 Å². The van der Waals surface area contributed by atoms with E-state index >= 15 is 0 Å². The molecule has 21 heavy (non-hydrogen) atoms. The number of hydrogen-bond donors (Lipinski definition) is 3. The molecule has 0 fully saturated rings. The molecule has 0 unspecified atom stereocenters. The molecule has 1 aromatic rings. The third-order valence-electron chi connectivity index (χ3n) is 3.60. The Kier molecular flexibility index (Phi) is 10.6. The van der Waals surface area contributed by atoms with Crippen LogP contribution in [0.1, 0.15) is 57.6 Å².